The van der Waals surface area contributed by atoms with E-state index in [1.54, 1.807) is 6.33 Å². The van der Waals surface area contributed by atoms with Crippen LogP contribution in [0, 0.1) is 0 Å². The van der Waals surface area contributed by atoms with Crippen LogP contribution >= 0.6 is 11.6 Å². The topological polar surface area (TPSA) is 41.1 Å². The Morgan fingerprint density at radius 2 is 1.85 bits per heavy atom. The summed E-state index contributed by atoms with van der Waals surface area (Å²) < 4.78 is 0. The first kappa shape index (κ1) is 18.0. The molecule has 0 aliphatic carbocycles. The van der Waals surface area contributed by atoms with Crippen molar-refractivity contribution in [2.24, 2.45) is 0 Å². The summed E-state index contributed by atoms with van der Waals surface area (Å²) in [7, 11) is 0. The van der Waals surface area contributed by atoms with Crippen molar-refractivity contribution < 1.29 is 0 Å². The molecule has 138 valence electrons. The first-order valence-electron chi connectivity index (χ1n) is 9.30. The van der Waals surface area contributed by atoms with Crippen LogP contribution in [-0.4, -0.2) is 21.4 Å². The van der Waals surface area contributed by atoms with Gasteiger partial charge in [-0.25, -0.2) is 9.97 Å². The molecule has 0 bridgehead atoms. The van der Waals surface area contributed by atoms with Crippen molar-refractivity contribution in [2.45, 2.75) is 32.5 Å². The highest BCUT2D eigenvalue weighted by Gasteiger charge is 2.22. The van der Waals surface area contributed by atoms with Crippen molar-refractivity contribution in [1.29, 1.82) is 0 Å². The number of aromatic nitrogens is 2. The highest BCUT2D eigenvalue weighted by molar-refractivity contribution is 6.30. The highest BCUT2D eigenvalue weighted by Crippen LogP contribution is 2.27. The van der Waals surface area contributed by atoms with Crippen molar-refractivity contribution in [2.75, 3.05) is 11.9 Å². The summed E-state index contributed by atoms with van der Waals surface area (Å²) in [6.07, 6.45) is 2.62. The zero-order valence-electron chi connectivity index (χ0n) is 15.4. The molecule has 0 fully saturated rings. The summed E-state index contributed by atoms with van der Waals surface area (Å²) in [4.78, 5) is 11.5. The van der Waals surface area contributed by atoms with Crippen molar-refractivity contribution in [3.05, 3.63) is 88.3 Å². The molecular formula is C22H23ClN4. The lowest BCUT2D eigenvalue weighted by Gasteiger charge is -2.30. The zero-order valence-corrected chi connectivity index (χ0v) is 16.2. The molecule has 3 aromatic rings. The van der Waals surface area contributed by atoms with Crippen molar-refractivity contribution >= 4 is 17.4 Å². The number of hydrogen-bond donors (Lipinski definition) is 1. The van der Waals surface area contributed by atoms with E-state index >= 15 is 0 Å². The smallest absolute Gasteiger partial charge is 0.134 e. The van der Waals surface area contributed by atoms with Crippen molar-refractivity contribution in [3.8, 4) is 0 Å². The molecule has 0 spiro atoms. The lowest BCUT2D eigenvalue weighted by atomic mass is 10.0. The van der Waals surface area contributed by atoms with Gasteiger partial charge in [-0.05, 0) is 30.2 Å². The molecule has 1 aromatic heterocycles. The number of halogens is 1. The van der Waals surface area contributed by atoms with Gasteiger partial charge in [-0.1, -0.05) is 54.1 Å². The monoisotopic (exact) mass is 378 g/mol. The minimum Gasteiger partial charge on any atom is -0.363 e. The molecular weight excluding hydrogens is 356 g/mol. The van der Waals surface area contributed by atoms with Gasteiger partial charge in [-0.3, -0.25) is 4.90 Å². The number of fused-ring (bicyclic) bond motifs is 1. The Bertz CT molecular complexity index is 896. The summed E-state index contributed by atoms with van der Waals surface area (Å²) in [6, 6.07) is 18.7. The Morgan fingerprint density at radius 3 is 2.63 bits per heavy atom. The number of rotatable bonds is 5. The van der Waals surface area contributed by atoms with Gasteiger partial charge in [0.1, 0.15) is 12.1 Å². The Morgan fingerprint density at radius 1 is 1.07 bits per heavy atom. The van der Waals surface area contributed by atoms with Crippen LogP contribution in [0.5, 0.6) is 0 Å². The van der Waals surface area contributed by atoms with E-state index in [0.717, 1.165) is 42.6 Å². The number of benzene rings is 2. The van der Waals surface area contributed by atoms with E-state index in [9.17, 15) is 0 Å². The zero-order chi connectivity index (χ0) is 18.6. The van der Waals surface area contributed by atoms with Crippen LogP contribution in [0.25, 0.3) is 0 Å². The van der Waals surface area contributed by atoms with E-state index in [2.05, 4.69) is 69.6 Å². The minimum atomic E-state index is 0.144. The first-order valence-corrected chi connectivity index (χ1v) is 9.68. The predicted octanol–water partition coefficient (Wildman–Crippen LogP) is 4.86. The summed E-state index contributed by atoms with van der Waals surface area (Å²) in [6.45, 7) is 4.97. The summed E-state index contributed by atoms with van der Waals surface area (Å²) in [5.74, 6) is 0.931. The molecule has 0 amide bonds. The molecule has 5 heteroatoms. The predicted molar refractivity (Wildman–Crippen MR) is 110 cm³/mol. The van der Waals surface area contributed by atoms with Crippen molar-refractivity contribution in [3.63, 3.8) is 0 Å². The maximum Gasteiger partial charge on any atom is 0.134 e. The van der Waals surface area contributed by atoms with Gasteiger partial charge in [0, 0.05) is 42.7 Å². The minimum absolute atomic E-state index is 0.144. The van der Waals surface area contributed by atoms with E-state index in [0.29, 0.717) is 0 Å². The number of nitrogens with zero attached hydrogens (tertiary/aromatic N) is 3. The third-order valence-corrected chi connectivity index (χ3v) is 5.31. The molecule has 0 radical (unpaired) electrons. The SMILES string of the molecule is C[C@@H](Nc1ncnc2c1CN(Cc1ccccc1)CC2)c1ccc(Cl)cc1. The lowest BCUT2D eigenvalue weighted by molar-refractivity contribution is 0.243. The summed E-state index contributed by atoms with van der Waals surface area (Å²) >= 11 is 6.01. The lowest BCUT2D eigenvalue weighted by Crippen LogP contribution is -2.31. The molecule has 27 heavy (non-hydrogen) atoms. The molecule has 1 N–H and O–H groups in total. The molecule has 4 nitrogen and oxygen atoms in total. The summed E-state index contributed by atoms with van der Waals surface area (Å²) in [5.41, 5.74) is 4.88. The van der Waals surface area contributed by atoms with Gasteiger partial charge in [0.25, 0.3) is 0 Å². The Hall–Kier alpha value is -2.43. The number of nitrogens with one attached hydrogen (secondary N) is 1. The van der Waals surface area contributed by atoms with Crippen LogP contribution in [0.1, 0.15) is 35.3 Å². The van der Waals surface area contributed by atoms with Crippen LogP contribution in [0.3, 0.4) is 0 Å². The van der Waals surface area contributed by atoms with Crippen LogP contribution in [0.15, 0.2) is 60.9 Å². The van der Waals surface area contributed by atoms with Gasteiger partial charge < -0.3 is 5.32 Å². The first-order chi connectivity index (χ1) is 13.2. The van der Waals surface area contributed by atoms with Crippen LogP contribution in [0.4, 0.5) is 5.82 Å². The Balaban J connectivity index is 1.51. The van der Waals surface area contributed by atoms with Crippen LogP contribution in [-0.2, 0) is 19.5 Å². The fourth-order valence-corrected chi connectivity index (χ4v) is 3.66. The molecule has 0 saturated carbocycles. The third kappa shape index (κ3) is 4.29. The molecule has 0 saturated heterocycles. The van der Waals surface area contributed by atoms with Crippen LogP contribution in [0.2, 0.25) is 5.02 Å². The molecule has 1 aliphatic rings. The van der Waals surface area contributed by atoms with E-state index in [-0.39, 0.29) is 6.04 Å². The normalized spacial score (nSPS) is 15.2. The van der Waals surface area contributed by atoms with Gasteiger partial charge in [-0.15, -0.1) is 0 Å². The van der Waals surface area contributed by atoms with Gasteiger partial charge in [0.2, 0.25) is 0 Å². The fourth-order valence-electron chi connectivity index (χ4n) is 3.54. The standard InChI is InChI=1S/C22H23ClN4/c1-16(18-7-9-19(23)10-8-18)26-22-20-14-27(12-11-21(20)24-15-25-22)13-17-5-3-2-4-6-17/h2-10,15-16H,11-14H2,1H3,(H,24,25,26)/t16-/m1/s1. The van der Waals surface area contributed by atoms with Crippen LogP contribution < -0.4 is 5.32 Å². The number of anilines is 1. The average molecular weight is 379 g/mol. The maximum absolute atomic E-state index is 6.01. The highest BCUT2D eigenvalue weighted by atomic mass is 35.5. The summed E-state index contributed by atoms with van der Waals surface area (Å²) in [5, 5.41) is 4.32. The van der Waals surface area contributed by atoms with Gasteiger partial charge in [-0.2, -0.15) is 0 Å². The van der Waals surface area contributed by atoms with E-state index in [1.165, 1.54) is 16.7 Å². The Labute approximate surface area is 165 Å². The largest absolute Gasteiger partial charge is 0.363 e. The second kappa shape index (κ2) is 8.07. The average Bonchev–Trinajstić information content (AvgIpc) is 2.70. The molecule has 2 heterocycles. The molecule has 2 aromatic carbocycles. The quantitative estimate of drug-likeness (QED) is 0.688. The fraction of sp³-hybridized carbons (Fsp3) is 0.273. The second-order valence-corrected chi connectivity index (χ2v) is 7.45. The number of hydrogen-bond acceptors (Lipinski definition) is 4. The molecule has 1 atom stereocenters. The molecule has 4 rings (SSSR count). The van der Waals surface area contributed by atoms with Gasteiger partial charge in [0.05, 0.1) is 5.69 Å². The van der Waals surface area contributed by atoms with E-state index in [1.807, 2.05) is 12.1 Å². The van der Waals surface area contributed by atoms with Crippen molar-refractivity contribution in [1.82, 2.24) is 14.9 Å². The Kier molecular flexibility index (Phi) is 5.37. The third-order valence-electron chi connectivity index (χ3n) is 5.05. The van der Waals surface area contributed by atoms with E-state index in [4.69, 9.17) is 11.6 Å². The maximum atomic E-state index is 6.01. The second-order valence-electron chi connectivity index (χ2n) is 7.01. The van der Waals surface area contributed by atoms with Gasteiger partial charge >= 0.3 is 0 Å². The van der Waals surface area contributed by atoms with E-state index < -0.39 is 0 Å². The molecule has 0 unspecified atom stereocenters. The van der Waals surface area contributed by atoms with Gasteiger partial charge in [0.15, 0.2) is 0 Å². The molecule has 1 aliphatic heterocycles.